The van der Waals surface area contributed by atoms with E-state index in [0.29, 0.717) is 6.42 Å². The summed E-state index contributed by atoms with van der Waals surface area (Å²) >= 11 is 0. The molecule has 1 aromatic heterocycles. The molecule has 2 saturated heterocycles. The molecule has 1 N–H and O–H groups in total. The van der Waals surface area contributed by atoms with Gasteiger partial charge in [-0.15, -0.1) is 0 Å². The van der Waals surface area contributed by atoms with E-state index in [1.807, 2.05) is 0 Å². The second kappa shape index (κ2) is 7.46. The third-order valence-corrected chi connectivity index (χ3v) is 6.16. The van der Waals surface area contributed by atoms with E-state index >= 15 is 0 Å². The molecule has 1 aromatic rings. The molecule has 4 rings (SSSR count). The van der Waals surface area contributed by atoms with Crippen molar-refractivity contribution in [1.82, 2.24) is 20.0 Å². The lowest BCUT2D eigenvalue weighted by molar-refractivity contribution is -0.132. The quantitative estimate of drug-likeness (QED) is 0.879. The molecule has 1 aliphatic carbocycles. The van der Waals surface area contributed by atoms with Gasteiger partial charge >= 0.3 is 0 Å². The minimum absolute atomic E-state index is 0.171. The van der Waals surface area contributed by atoms with Crippen LogP contribution in [0.2, 0.25) is 0 Å². The fourth-order valence-corrected chi connectivity index (χ4v) is 4.73. The van der Waals surface area contributed by atoms with Gasteiger partial charge in [-0.25, -0.2) is 0 Å². The number of aromatic nitrogens is 2. The number of carbonyl (C=O) groups is 1. The van der Waals surface area contributed by atoms with Crippen LogP contribution in [-0.2, 0) is 28.8 Å². The summed E-state index contributed by atoms with van der Waals surface area (Å²) in [5, 5.41) is 7.62. The first kappa shape index (κ1) is 17.0. The molecule has 3 aliphatic rings. The maximum Gasteiger partial charge on any atom is 0.229 e. The minimum Gasteiger partial charge on any atom is -0.380 e. The predicted octanol–water partition coefficient (Wildman–Crippen LogP) is 1.54. The number of rotatable bonds is 5. The Hall–Kier alpha value is -1.40. The van der Waals surface area contributed by atoms with E-state index in [1.165, 1.54) is 50.0 Å². The number of fused-ring (bicyclic) bond motifs is 1. The Labute approximate surface area is 149 Å². The molecule has 0 aromatic carbocycles. The maximum atomic E-state index is 13.0. The van der Waals surface area contributed by atoms with Gasteiger partial charge in [0.2, 0.25) is 5.91 Å². The predicted molar refractivity (Wildman–Crippen MR) is 95.5 cm³/mol. The van der Waals surface area contributed by atoms with E-state index in [4.69, 9.17) is 4.74 Å². The van der Waals surface area contributed by atoms with Crippen LogP contribution in [0.25, 0.3) is 0 Å². The summed E-state index contributed by atoms with van der Waals surface area (Å²) in [4.78, 5) is 17.6. The number of methoxy groups -OCH3 is 1. The normalized spacial score (nSPS) is 27.0. The van der Waals surface area contributed by atoms with Crippen LogP contribution in [0.3, 0.4) is 0 Å². The van der Waals surface area contributed by atoms with Gasteiger partial charge in [0.1, 0.15) is 0 Å². The second-order valence-electron chi connectivity index (χ2n) is 7.81. The van der Waals surface area contributed by atoms with Crippen LogP contribution < -0.4 is 0 Å². The largest absolute Gasteiger partial charge is 0.380 e. The van der Waals surface area contributed by atoms with E-state index in [0.717, 1.165) is 38.0 Å². The molecule has 138 valence electrons. The van der Waals surface area contributed by atoms with Crippen molar-refractivity contribution >= 4 is 5.91 Å². The number of H-pyrrole nitrogens is 1. The second-order valence-corrected chi connectivity index (χ2v) is 7.81. The van der Waals surface area contributed by atoms with Crippen molar-refractivity contribution in [3.63, 3.8) is 0 Å². The molecule has 3 heterocycles. The van der Waals surface area contributed by atoms with Crippen molar-refractivity contribution in [3.05, 3.63) is 17.0 Å². The topological polar surface area (TPSA) is 61.5 Å². The summed E-state index contributed by atoms with van der Waals surface area (Å²) in [6.45, 7) is 4.05. The van der Waals surface area contributed by atoms with Crippen molar-refractivity contribution in [2.45, 2.75) is 63.5 Å². The molecule has 0 spiro atoms. The zero-order valence-corrected chi connectivity index (χ0v) is 15.3. The van der Waals surface area contributed by atoms with Gasteiger partial charge in [0.05, 0.1) is 18.2 Å². The third kappa shape index (κ3) is 3.60. The lowest BCUT2D eigenvalue weighted by Gasteiger charge is -2.28. The zero-order chi connectivity index (χ0) is 17.2. The smallest absolute Gasteiger partial charge is 0.229 e. The highest BCUT2D eigenvalue weighted by Crippen LogP contribution is 2.26. The molecule has 0 bridgehead atoms. The van der Waals surface area contributed by atoms with Crippen LogP contribution in [0, 0.1) is 0 Å². The molecule has 2 fully saturated rings. The van der Waals surface area contributed by atoms with Crippen LogP contribution in [0.5, 0.6) is 0 Å². The molecule has 1 amide bonds. The molecule has 0 unspecified atom stereocenters. The van der Waals surface area contributed by atoms with Crippen LogP contribution >= 0.6 is 0 Å². The van der Waals surface area contributed by atoms with E-state index < -0.39 is 0 Å². The fraction of sp³-hybridized carbons (Fsp3) is 0.789. The SMILES string of the molecule is CO[C@H]1C[C@@H](CN2CCCC2)N(C(=O)Cc2n[nH]c3c2CCCC3)C1. The number of carbonyl (C=O) groups excluding carboxylic acids is 1. The van der Waals surface area contributed by atoms with Crippen LogP contribution in [0.4, 0.5) is 0 Å². The van der Waals surface area contributed by atoms with E-state index in [1.54, 1.807) is 7.11 Å². The van der Waals surface area contributed by atoms with Gasteiger partial charge in [-0.2, -0.15) is 5.10 Å². The lowest BCUT2D eigenvalue weighted by Crippen LogP contribution is -2.43. The average molecular weight is 346 g/mol. The molecule has 6 heteroatoms. The summed E-state index contributed by atoms with van der Waals surface area (Å²) < 4.78 is 5.58. The van der Waals surface area contributed by atoms with Crippen LogP contribution in [0.15, 0.2) is 0 Å². The fourth-order valence-electron chi connectivity index (χ4n) is 4.73. The number of hydrogen-bond acceptors (Lipinski definition) is 4. The Balaban J connectivity index is 1.44. The first-order valence-electron chi connectivity index (χ1n) is 9.84. The van der Waals surface area contributed by atoms with E-state index in [9.17, 15) is 4.79 Å². The summed E-state index contributed by atoms with van der Waals surface area (Å²) in [6, 6.07) is 0.283. The third-order valence-electron chi connectivity index (χ3n) is 6.16. The highest BCUT2D eigenvalue weighted by Gasteiger charge is 2.37. The van der Waals surface area contributed by atoms with Crippen LogP contribution in [-0.4, -0.2) is 71.3 Å². The number of ether oxygens (including phenoxy) is 1. The average Bonchev–Trinajstić information content (AvgIpc) is 3.36. The zero-order valence-electron chi connectivity index (χ0n) is 15.3. The number of aryl methyl sites for hydroxylation is 1. The van der Waals surface area contributed by atoms with Crippen molar-refractivity contribution < 1.29 is 9.53 Å². The number of likely N-dealkylation sites (tertiary alicyclic amines) is 2. The highest BCUT2D eigenvalue weighted by atomic mass is 16.5. The number of nitrogens with one attached hydrogen (secondary N) is 1. The molecule has 2 aliphatic heterocycles. The van der Waals surface area contributed by atoms with Crippen LogP contribution in [0.1, 0.15) is 49.1 Å². The monoisotopic (exact) mass is 346 g/mol. The molecule has 25 heavy (non-hydrogen) atoms. The van der Waals surface area contributed by atoms with Gasteiger partial charge in [0.15, 0.2) is 0 Å². The molecule has 2 atom stereocenters. The van der Waals surface area contributed by atoms with Crippen molar-refractivity contribution in [2.75, 3.05) is 33.3 Å². The Morgan fingerprint density at radius 1 is 1.24 bits per heavy atom. The van der Waals surface area contributed by atoms with Gasteiger partial charge in [0.25, 0.3) is 0 Å². The first-order valence-corrected chi connectivity index (χ1v) is 9.84. The van der Waals surface area contributed by atoms with Gasteiger partial charge in [-0.05, 0) is 63.6 Å². The van der Waals surface area contributed by atoms with E-state index in [2.05, 4.69) is 20.0 Å². The maximum absolute atomic E-state index is 13.0. The molecule has 6 nitrogen and oxygen atoms in total. The first-order chi connectivity index (χ1) is 12.2. The summed E-state index contributed by atoms with van der Waals surface area (Å²) in [5.74, 6) is 0.212. The highest BCUT2D eigenvalue weighted by molar-refractivity contribution is 5.79. The summed E-state index contributed by atoms with van der Waals surface area (Å²) in [6.07, 6.45) is 8.70. The molecule has 0 saturated carbocycles. The Morgan fingerprint density at radius 2 is 2.04 bits per heavy atom. The number of hydrogen-bond donors (Lipinski definition) is 1. The molecular weight excluding hydrogens is 316 g/mol. The van der Waals surface area contributed by atoms with Crippen molar-refractivity contribution in [3.8, 4) is 0 Å². The van der Waals surface area contributed by atoms with Crippen molar-refractivity contribution in [1.29, 1.82) is 0 Å². The Kier molecular flexibility index (Phi) is 5.08. The minimum atomic E-state index is 0.171. The lowest BCUT2D eigenvalue weighted by atomic mass is 9.95. The number of aromatic amines is 1. The van der Waals surface area contributed by atoms with E-state index in [-0.39, 0.29) is 18.1 Å². The van der Waals surface area contributed by atoms with Gasteiger partial charge in [-0.1, -0.05) is 0 Å². The Bertz CT molecular complexity index is 609. The number of amides is 1. The van der Waals surface area contributed by atoms with Gasteiger partial charge < -0.3 is 14.5 Å². The van der Waals surface area contributed by atoms with Gasteiger partial charge in [-0.3, -0.25) is 9.89 Å². The standard InChI is InChI=1S/C19H30N4O2/c1-25-15-10-14(12-22-8-4-5-9-22)23(13-15)19(24)11-18-16-6-2-3-7-17(16)20-21-18/h14-15H,2-13H2,1H3,(H,20,21)/t14-,15-/m0/s1. The summed E-state index contributed by atoms with van der Waals surface area (Å²) in [7, 11) is 1.76. The molecular formula is C19H30N4O2. The Morgan fingerprint density at radius 3 is 2.84 bits per heavy atom. The van der Waals surface area contributed by atoms with Gasteiger partial charge in [0, 0.05) is 31.9 Å². The number of nitrogens with zero attached hydrogens (tertiary/aromatic N) is 3. The molecule has 0 radical (unpaired) electrons. The summed E-state index contributed by atoms with van der Waals surface area (Å²) in [5.41, 5.74) is 3.53. The van der Waals surface area contributed by atoms with Crippen molar-refractivity contribution in [2.24, 2.45) is 0 Å².